The molecule has 0 saturated heterocycles. The Bertz CT molecular complexity index is 304. The summed E-state index contributed by atoms with van der Waals surface area (Å²) < 4.78 is 42.0. The van der Waals surface area contributed by atoms with E-state index in [2.05, 4.69) is 20.7 Å². The van der Waals surface area contributed by atoms with Gasteiger partial charge in [-0.25, -0.2) is 8.78 Å². The van der Waals surface area contributed by atoms with E-state index in [0.717, 1.165) is 0 Å². The van der Waals surface area contributed by atoms with E-state index in [-0.39, 0.29) is 16.8 Å². The maximum Gasteiger partial charge on any atom is 0.201 e. The minimum absolute atomic E-state index is 0.0117. The van der Waals surface area contributed by atoms with E-state index in [1.165, 1.54) is 12.1 Å². The zero-order valence-corrected chi connectivity index (χ0v) is 8.08. The smallest absolute Gasteiger partial charge is 0.201 e. The highest BCUT2D eigenvalue weighted by Gasteiger charge is 2.12. The van der Waals surface area contributed by atoms with Crippen molar-refractivity contribution >= 4 is 15.9 Å². The van der Waals surface area contributed by atoms with E-state index >= 15 is 0 Å². The summed E-state index contributed by atoms with van der Waals surface area (Å²) >= 11 is 2.80. The van der Waals surface area contributed by atoms with Gasteiger partial charge < -0.3 is 4.74 Å². The van der Waals surface area contributed by atoms with Gasteiger partial charge in [0.25, 0.3) is 0 Å². The first-order valence-corrected chi connectivity index (χ1v) is 4.28. The van der Waals surface area contributed by atoms with E-state index < -0.39 is 18.3 Å². The molecule has 0 unspecified atom stereocenters. The Kier molecular flexibility index (Phi) is 3.59. The van der Waals surface area contributed by atoms with Crippen molar-refractivity contribution in [2.24, 2.45) is 0 Å². The fourth-order valence-corrected chi connectivity index (χ4v) is 1.07. The topological polar surface area (TPSA) is 9.23 Å². The highest BCUT2D eigenvalue weighted by molar-refractivity contribution is 9.10. The van der Waals surface area contributed by atoms with E-state index in [4.69, 9.17) is 0 Å². The molecule has 0 heterocycles. The summed E-state index contributed by atoms with van der Waals surface area (Å²) in [4.78, 5) is 0. The van der Waals surface area contributed by atoms with Gasteiger partial charge in [-0.3, -0.25) is 0 Å². The minimum Gasteiger partial charge on any atom is -0.488 e. The lowest BCUT2D eigenvalue weighted by atomic mass is 10.3. The van der Waals surface area contributed by atoms with Gasteiger partial charge in [0.2, 0.25) is 5.82 Å². The van der Waals surface area contributed by atoms with Gasteiger partial charge in [-0.05, 0) is 28.1 Å². The fraction of sp³-hybridized carbons (Fsp3) is 0.250. The van der Waals surface area contributed by atoms with Crippen LogP contribution in [0.4, 0.5) is 13.2 Å². The van der Waals surface area contributed by atoms with Gasteiger partial charge in [0.15, 0.2) is 11.6 Å². The first kappa shape index (κ1) is 10.4. The molecule has 13 heavy (non-hydrogen) atoms. The Morgan fingerprint density at radius 2 is 1.92 bits per heavy atom. The van der Waals surface area contributed by atoms with Gasteiger partial charge in [0.1, 0.15) is 13.3 Å². The third-order valence-electron chi connectivity index (χ3n) is 1.33. The Morgan fingerprint density at radius 1 is 1.23 bits per heavy atom. The summed E-state index contributed by atoms with van der Waals surface area (Å²) in [5.41, 5.74) is 0. The number of hydrogen-bond donors (Lipinski definition) is 0. The number of alkyl halides is 1. The molecule has 0 aromatic heterocycles. The zero-order valence-electron chi connectivity index (χ0n) is 6.49. The van der Waals surface area contributed by atoms with E-state index in [1.54, 1.807) is 0 Å². The van der Waals surface area contributed by atoms with Gasteiger partial charge in [0.05, 0.1) is 4.47 Å². The van der Waals surface area contributed by atoms with Gasteiger partial charge in [-0.1, -0.05) is 0 Å². The van der Waals surface area contributed by atoms with Crippen LogP contribution in [0.25, 0.3) is 0 Å². The predicted molar refractivity (Wildman–Crippen MR) is 45.5 cm³/mol. The fourth-order valence-electron chi connectivity index (χ4n) is 0.768. The summed E-state index contributed by atoms with van der Waals surface area (Å²) in [5.74, 6) is -2.42. The minimum atomic E-state index is -1.11. The Labute approximate surface area is 81.6 Å². The summed E-state index contributed by atoms with van der Waals surface area (Å²) in [6.07, 6.45) is 0. The molecule has 0 spiro atoms. The Balaban J connectivity index is 2.90. The maximum atomic E-state index is 12.9. The predicted octanol–water partition coefficient (Wildman–Crippen LogP) is 3.08. The second kappa shape index (κ2) is 4.50. The largest absolute Gasteiger partial charge is 0.488 e. The van der Waals surface area contributed by atoms with Crippen molar-refractivity contribution in [1.29, 1.82) is 0 Å². The van der Waals surface area contributed by atoms with Crippen molar-refractivity contribution in [3.8, 4) is 5.75 Å². The lowest BCUT2D eigenvalue weighted by Crippen LogP contribution is -2.01. The van der Waals surface area contributed by atoms with Crippen LogP contribution in [0.2, 0.25) is 0 Å². The lowest BCUT2D eigenvalue weighted by Gasteiger charge is -2.05. The normalized spacial score (nSPS) is 10.2. The third kappa shape index (κ3) is 2.37. The van der Waals surface area contributed by atoms with Crippen LogP contribution in [0.3, 0.4) is 0 Å². The molecule has 1 nitrogen and oxygen atoms in total. The monoisotopic (exact) mass is 254 g/mol. The average molecular weight is 255 g/mol. The van der Waals surface area contributed by atoms with Crippen molar-refractivity contribution in [2.75, 3.05) is 13.3 Å². The van der Waals surface area contributed by atoms with Crippen LogP contribution in [-0.2, 0) is 0 Å². The van der Waals surface area contributed by atoms with Crippen LogP contribution >= 0.6 is 15.9 Å². The SMILES string of the molecule is FCCOc1ccc(Br)c(F)c1F. The van der Waals surface area contributed by atoms with Crippen LogP contribution in [0.15, 0.2) is 16.6 Å². The van der Waals surface area contributed by atoms with Crippen molar-refractivity contribution in [2.45, 2.75) is 0 Å². The summed E-state index contributed by atoms with van der Waals surface area (Å²) in [6.45, 7) is -1.02. The van der Waals surface area contributed by atoms with Crippen molar-refractivity contribution in [1.82, 2.24) is 0 Å². The lowest BCUT2D eigenvalue weighted by molar-refractivity contribution is 0.259. The molecular weight excluding hydrogens is 249 g/mol. The number of hydrogen-bond acceptors (Lipinski definition) is 1. The molecule has 0 atom stereocenters. The number of rotatable bonds is 3. The quantitative estimate of drug-likeness (QED) is 0.754. The molecule has 1 aromatic rings. The molecule has 0 aliphatic carbocycles. The molecule has 0 aliphatic heterocycles. The van der Waals surface area contributed by atoms with Crippen LogP contribution in [0, 0.1) is 11.6 Å². The summed E-state index contributed by atoms with van der Waals surface area (Å²) in [7, 11) is 0. The molecule has 0 aliphatic rings. The molecule has 0 N–H and O–H groups in total. The van der Waals surface area contributed by atoms with Gasteiger partial charge in [-0.15, -0.1) is 0 Å². The van der Waals surface area contributed by atoms with Crippen molar-refractivity contribution < 1.29 is 17.9 Å². The van der Waals surface area contributed by atoms with E-state index in [0.29, 0.717) is 0 Å². The third-order valence-corrected chi connectivity index (χ3v) is 1.95. The molecule has 0 radical (unpaired) electrons. The first-order valence-electron chi connectivity index (χ1n) is 3.49. The van der Waals surface area contributed by atoms with Crippen molar-refractivity contribution in [3.63, 3.8) is 0 Å². The molecule has 1 aromatic carbocycles. The van der Waals surface area contributed by atoms with Crippen LogP contribution in [0.5, 0.6) is 5.75 Å². The number of ether oxygens (including phenoxy) is 1. The molecule has 0 bridgehead atoms. The van der Waals surface area contributed by atoms with Gasteiger partial charge >= 0.3 is 0 Å². The summed E-state index contributed by atoms with van der Waals surface area (Å²) in [5, 5.41) is 0. The first-order chi connectivity index (χ1) is 6.16. The standard InChI is InChI=1S/C8H6BrF3O/c9-5-1-2-6(13-4-3-10)8(12)7(5)11/h1-2H,3-4H2. The molecule has 5 heteroatoms. The Morgan fingerprint density at radius 3 is 2.54 bits per heavy atom. The second-order valence-electron chi connectivity index (χ2n) is 2.21. The highest BCUT2D eigenvalue weighted by atomic mass is 79.9. The van der Waals surface area contributed by atoms with Crippen molar-refractivity contribution in [3.05, 3.63) is 28.2 Å². The Hall–Kier alpha value is -0.710. The zero-order chi connectivity index (χ0) is 9.84. The molecule has 72 valence electrons. The average Bonchev–Trinajstić information content (AvgIpc) is 2.13. The molecule has 1 rings (SSSR count). The second-order valence-corrected chi connectivity index (χ2v) is 3.07. The summed E-state index contributed by atoms with van der Waals surface area (Å²) in [6, 6.07) is 2.53. The molecular formula is C8H6BrF3O. The van der Waals surface area contributed by atoms with E-state index in [9.17, 15) is 13.2 Å². The van der Waals surface area contributed by atoms with E-state index in [1.807, 2.05) is 0 Å². The highest BCUT2D eigenvalue weighted by Crippen LogP contribution is 2.25. The molecule has 0 amide bonds. The maximum absolute atomic E-state index is 12.9. The van der Waals surface area contributed by atoms with Crippen LogP contribution in [0.1, 0.15) is 0 Å². The molecule has 0 fully saturated rings. The molecule has 0 saturated carbocycles. The van der Waals surface area contributed by atoms with Gasteiger partial charge in [-0.2, -0.15) is 4.39 Å². The van der Waals surface area contributed by atoms with Crippen LogP contribution < -0.4 is 4.74 Å². The number of halogens is 4. The van der Waals surface area contributed by atoms with Crippen LogP contribution in [-0.4, -0.2) is 13.3 Å². The number of benzene rings is 1. The van der Waals surface area contributed by atoms with Gasteiger partial charge in [0, 0.05) is 0 Å².